The Morgan fingerprint density at radius 1 is 0.522 bits per heavy atom. The Hall–Kier alpha value is -5.48. The molecule has 0 atom stereocenters. The van der Waals surface area contributed by atoms with Crippen molar-refractivity contribution in [3.8, 4) is 11.1 Å². The molecule has 11 rings (SSSR count). The van der Waals surface area contributed by atoms with Gasteiger partial charge >= 0.3 is 0 Å². The van der Waals surface area contributed by atoms with Crippen molar-refractivity contribution in [1.29, 1.82) is 0 Å². The van der Waals surface area contributed by atoms with E-state index < -0.39 is 0 Å². The second-order valence-corrected chi connectivity index (χ2v) is 25.7. The van der Waals surface area contributed by atoms with Gasteiger partial charge in [-0.25, -0.2) is 0 Å². The third-order valence-corrected chi connectivity index (χ3v) is 16.9. The highest BCUT2D eigenvalue weighted by atomic mass is 16.3. The average molecular weight is 883 g/mol. The molecule has 3 heterocycles. The van der Waals surface area contributed by atoms with Gasteiger partial charge in [-0.2, -0.15) is 0 Å². The van der Waals surface area contributed by atoms with E-state index >= 15 is 0 Å². The molecule has 0 saturated carbocycles. The minimum atomic E-state index is -0.124. The number of benzene rings is 6. The molecule has 342 valence electrons. The van der Waals surface area contributed by atoms with Crippen LogP contribution in [-0.4, -0.2) is 6.71 Å². The monoisotopic (exact) mass is 883 g/mol. The van der Waals surface area contributed by atoms with Gasteiger partial charge in [-0.1, -0.05) is 152 Å². The number of aryl methyl sites for hydroxylation is 1. The summed E-state index contributed by atoms with van der Waals surface area (Å²) in [5.74, 6) is 0. The summed E-state index contributed by atoms with van der Waals surface area (Å²) in [7, 11) is 0. The lowest BCUT2D eigenvalue weighted by Crippen LogP contribution is -2.61. The first-order valence-electron chi connectivity index (χ1n) is 25.2. The zero-order chi connectivity index (χ0) is 47.5. The normalized spacial score (nSPS) is 18.5. The van der Waals surface area contributed by atoms with Gasteiger partial charge in [0.2, 0.25) is 0 Å². The number of hydrogen-bond acceptors (Lipinski definition) is 3. The molecule has 0 fully saturated rings. The summed E-state index contributed by atoms with van der Waals surface area (Å²) in [6.07, 6.45) is 4.70. The van der Waals surface area contributed by atoms with E-state index in [9.17, 15) is 0 Å². The Labute approximate surface area is 402 Å². The highest BCUT2D eigenvalue weighted by Crippen LogP contribution is 2.53. The summed E-state index contributed by atoms with van der Waals surface area (Å²) < 4.78 is 7.42. The van der Waals surface area contributed by atoms with Gasteiger partial charge in [-0.3, -0.25) is 0 Å². The van der Waals surface area contributed by atoms with Gasteiger partial charge in [0.1, 0.15) is 5.58 Å². The molecule has 6 aromatic carbocycles. The molecule has 4 heteroatoms. The van der Waals surface area contributed by atoms with E-state index in [4.69, 9.17) is 4.42 Å². The van der Waals surface area contributed by atoms with Crippen LogP contribution in [0.5, 0.6) is 0 Å². The number of anilines is 6. The van der Waals surface area contributed by atoms with Crippen molar-refractivity contribution in [3.05, 3.63) is 148 Å². The minimum Gasteiger partial charge on any atom is -0.468 e. The van der Waals surface area contributed by atoms with Crippen LogP contribution in [0, 0.1) is 6.92 Å². The van der Waals surface area contributed by atoms with E-state index in [0.717, 1.165) is 24.1 Å². The van der Waals surface area contributed by atoms with Gasteiger partial charge in [0.25, 0.3) is 6.71 Å². The molecule has 4 aliphatic rings. The SMILES string of the molecule is Cc1cc2c3c(c1)N(c1ccc4c(c1)C(C)(C)CCC4(C)C)c1c(oc4ccc(C(C)(C)C)cc14)B3c1ccc(-c3ccccc3C(C)(C)C)cc1N2c1ccc2c(c1)C(C)(C)CCC2(C)C. The Morgan fingerprint density at radius 3 is 1.66 bits per heavy atom. The zero-order valence-corrected chi connectivity index (χ0v) is 43.1. The Morgan fingerprint density at radius 2 is 1.07 bits per heavy atom. The van der Waals surface area contributed by atoms with E-state index in [-0.39, 0.29) is 39.2 Å². The van der Waals surface area contributed by atoms with Crippen LogP contribution in [0.4, 0.5) is 34.1 Å². The Kier molecular flexibility index (Phi) is 9.39. The van der Waals surface area contributed by atoms with Crippen molar-refractivity contribution in [3.63, 3.8) is 0 Å². The molecule has 0 spiro atoms. The van der Waals surface area contributed by atoms with E-state index in [1.165, 1.54) is 113 Å². The van der Waals surface area contributed by atoms with Crippen molar-refractivity contribution < 1.29 is 4.42 Å². The number of fused-ring (bicyclic) bond motifs is 8. The fraction of sp³-hybridized carbons (Fsp3) is 0.397. The van der Waals surface area contributed by atoms with Crippen LogP contribution in [-0.2, 0) is 32.5 Å². The fourth-order valence-electron chi connectivity index (χ4n) is 12.6. The smallest absolute Gasteiger partial charge is 0.297 e. The van der Waals surface area contributed by atoms with Crippen LogP contribution in [0.25, 0.3) is 22.1 Å². The number of furan rings is 1. The lowest BCUT2D eigenvalue weighted by atomic mass is 9.35. The average Bonchev–Trinajstić information content (AvgIpc) is 3.64. The third kappa shape index (κ3) is 6.73. The maximum absolute atomic E-state index is 7.42. The highest BCUT2D eigenvalue weighted by Gasteiger charge is 2.48. The second-order valence-electron chi connectivity index (χ2n) is 25.7. The quantitative estimate of drug-likeness (QED) is 0.165. The maximum Gasteiger partial charge on any atom is 0.297 e. The van der Waals surface area contributed by atoms with Crippen molar-refractivity contribution >= 4 is 68.4 Å². The number of nitrogens with zero attached hydrogens (tertiary/aromatic N) is 2. The molecule has 0 N–H and O–H groups in total. The van der Waals surface area contributed by atoms with E-state index in [1.807, 2.05) is 0 Å². The first-order chi connectivity index (χ1) is 31.4. The molecule has 3 nitrogen and oxygen atoms in total. The van der Waals surface area contributed by atoms with Gasteiger partial charge in [-0.05, 0) is 181 Å². The summed E-state index contributed by atoms with van der Waals surface area (Å²) in [4.78, 5) is 5.23. The molecule has 0 radical (unpaired) electrons. The molecule has 0 bridgehead atoms. The molecular weight excluding hydrogens is 812 g/mol. The summed E-state index contributed by atoms with van der Waals surface area (Å²) >= 11 is 0. The van der Waals surface area contributed by atoms with Crippen LogP contribution >= 0.6 is 0 Å². The Bertz CT molecular complexity index is 3200. The predicted octanol–water partition coefficient (Wildman–Crippen LogP) is 15.8. The molecule has 2 aliphatic carbocycles. The topological polar surface area (TPSA) is 19.6 Å². The summed E-state index contributed by atoms with van der Waals surface area (Å²) in [5, 5.41) is 1.17. The maximum atomic E-state index is 7.42. The lowest BCUT2D eigenvalue weighted by Gasteiger charge is -2.45. The van der Waals surface area contributed by atoms with Crippen LogP contribution < -0.4 is 26.4 Å². The third-order valence-electron chi connectivity index (χ3n) is 16.9. The molecule has 1 aromatic heterocycles. The summed E-state index contributed by atoms with van der Waals surface area (Å²) in [6.45, 7) is 35.7. The van der Waals surface area contributed by atoms with Gasteiger partial charge in [0.15, 0.2) is 0 Å². The molecule has 0 amide bonds. The standard InChI is InChI=1S/C63H71BN2O/c1-38-32-52-55-53(33-38)66(42-23-25-47-49(37-42)63(14,15)31-29-61(47,10)11)56-44-35-40(58(2,3)4)21-27-54(44)67-57(56)64(55)50-26-20-39(43-18-16-17-19-45(43)59(5,6)7)34-51(50)65(52)41-22-24-46-48(36-41)62(12,13)30-28-60(46,8)9/h16-27,32-37H,28-31H2,1-15H3. The largest absolute Gasteiger partial charge is 0.468 e. The summed E-state index contributed by atoms with van der Waals surface area (Å²) in [5.41, 5.74) is 24.4. The predicted molar refractivity (Wildman–Crippen MR) is 288 cm³/mol. The van der Waals surface area contributed by atoms with Crippen LogP contribution in [0.1, 0.15) is 162 Å². The lowest BCUT2D eigenvalue weighted by molar-refractivity contribution is 0.332. The van der Waals surface area contributed by atoms with Gasteiger partial charge < -0.3 is 14.2 Å². The number of rotatable bonds is 3. The van der Waals surface area contributed by atoms with Crippen molar-refractivity contribution in [2.45, 2.75) is 162 Å². The Balaban J connectivity index is 1.24. The van der Waals surface area contributed by atoms with Crippen LogP contribution in [0.3, 0.4) is 0 Å². The minimum absolute atomic E-state index is 0.0226. The number of hydrogen-bond donors (Lipinski definition) is 0. The first-order valence-corrected chi connectivity index (χ1v) is 25.2. The van der Waals surface area contributed by atoms with Crippen molar-refractivity contribution in [1.82, 2.24) is 0 Å². The molecule has 0 saturated heterocycles. The summed E-state index contributed by atoms with van der Waals surface area (Å²) in [6, 6.07) is 43.1. The van der Waals surface area contributed by atoms with Crippen LogP contribution in [0.2, 0.25) is 0 Å². The fourth-order valence-corrected chi connectivity index (χ4v) is 12.6. The van der Waals surface area contributed by atoms with E-state index in [0.29, 0.717) is 0 Å². The van der Waals surface area contributed by atoms with Crippen molar-refractivity contribution in [2.24, 2.45) is 0 Å². The second kappa shape index (κ2) is 14.3. The van der Waals surface area contributed by atoms with Gasteiger partial charge in [0, 0.05) is 33.8 Å². The molecular formula is C63H71BN2O. The van der Waals surface area contributed by atoms with E-state index in [2.05, 4.69) is 223 Å². The molecule has 2 aliphatic heterocycles. The molecule has 7 aromatic rings. The van der Waals surface area contributed by atoms with Crippen molar-refractivity contribution in [2.75, 3.05) is 9.80 Å². The molecule has 67 heavy (non-hydrogen) atoms. The van der Waals surface area contributed by atoms with Crippen LogP contribution in [0.15, 0.2) is 114 Å². The van der Waals surface area contributed by atoms with E-state index in [1.54, 1.807) is 0 Å². The highest BCUT2D eigenvalue weighted by molar-refractivity contribution is 7.00. The first kappa shape index (κ1) is 44.1. The van der Waals surface area contributed by atoms with Gasteiger partial charge in [-0.15, -0.1) is 0 Å². The van der Waals surface area contributed by atoms with Gasteiger partial charge in [0.05, 0.1) is 11.3 Å². The molecule has 0 unspecified atom stereocenters. The zero-order valence-electron chi connectivity index (χ0n) is 43.1.